The van der Waals surface area contributed by atoms with Gasteiger partial charge in [-0.15, -0.1) is 0 Å². The zero-order valence-electron chi connectivity index (χ0n) is 15.6. The van der Waals surface area contributed by atoms with E-state index in [0.29, 0.717) is 18.2 Å². The number of carbonyl (C=O) groups is 1. The number of hydrogen-bond donors (Lipinski definition) is 0. The molecule has 3 aromatic rings. The number of fused-ring (bicyclic) bond motifs is 1. The van der Waals surface area contributed by atoms with Gasteiger partial charge in [0.2, 0.25) is 5.91 Å². The SMILES string of the molecule is COCCn1c(SC(C(=O)N(C)C)c2ccccc2)nc2cc(Cl)ccc21. The van der Waals surface area contributed by atoms with E-state index in [2.05, 4.69) is 4.57 Å². The van der Waals surface area contributed by atoms with E-state index in [1.54, 1.807) is 26.1 Å². The van der Waals surface area contributed by atoms with Crippen molar-refractivity contribution >= 4 is 40.3 Å². The van der Waals surface area contributed by atoms with Crippen LogP contribution in [0.15, 0.2) is 53.7 Å². The van der Waals surface area contributed by atoms with Crippen LogP contribution in [0.1, 0.15) is 10.8 Å². The zero-order chi connectivity index (χ0) is 19.4. The summed E-state index contributed by atoms with van der Waals surface area (Å²) in [5.74, 6) is 0.0228. The van der Waals surface area contributed by atoms with Crippen LogP contribution in [0.2, 0.25) is 5.02 Å². The lowest BCUT2D eigenvalue weighted by Gasteiger charge is -2.20. The number of hydrogen-bond acceptors (Lipinski definition) is 4. The first kappa shape index (κ1) is 19.7. The lowest BCUT2D eigenvalue weighted by Crippen LogP contribution is -2.27. The number of halogens is 1. The Hall–Kier alpha value is -2.02. The standard InChI is InChI=1S/C20H22ClN3O2S/c1-23(2)19(25)18(14-7-5-4-6-8-14)27-20-22-16-13-15(21)9-10-17(16)24(20)11-12-26-3/h4-10,13,18H,11-12H2,1-3H3. The van der Waals surface area contributed by atoms with Crippen molar-refractivity contribution < 1.29 is 9.53 Å². The Morgan fingerprint density at radius 1 is 1.26 bits per heavy atom. The summed E-state index contributed by atoms with van der Waals surface area (Å²) in [7, 11) is 5.21. The number of thioether (sulfide) groups is 1. The number of likely N-dealkylation sites (N-methyl/N-ethyl adjacent to an activating group) is 1. The van der Waals surface area contributed by atoms with Gasteiger partial charge < -0.3 is 14.2 Å². The quantitative estimate of drug-likeness (QED) is 0.553. The fraction of sp³-hybridized carbons (Fsp3) is 0.300. The molecular weight excluding hydrogens is 382 g/mol. The number of nitrogens with zero attached hydrogens (tertiary/aromatic N) is 3. The van der Waals surface area contributed by atoms with Crippen LogP contribution in [0.5, 0.6) is 0 Å². The van der Waals surface area contributed by atoms with Gasteiger partial charge in [-0.3, -0.25) is 4.79 Å². The normalized spacial score (nSPS) is 12.3. The third-order valence-electron chi connectivity index (χ3n) is 4.18. The Balaban J connectivity index is 2.04. The van der Waals surface area contributed by atoms with E-state index in [0.717, 1.165) is 21.8 Å². The molecule has 0 N–H and O–H groups in total. The highest BCUT2D eigenvalue weighted by Crippen LogP contribution is 2.37. The summed E-state index contributed by atoms with van der Waals surface area (Å²) in [5, 5.41) is 1.03. The summed E-state index contributed by atoms with van der Waals surface area (Å²) in [6.07, 6.45) is 0. The van der Waals surface area contributed by atoms with E-state index in [-0.39, 0.29) is 11.2 Å². The molecule has 0 bridgehead atoms. The van der Waals surface area contributed by atoms with E-state index in [1.165, 1.54) is 11.8 Å². The molecule has 3 rings (SSSR count). The van der Waals surface area contributed by atoms with Crippen LogP contribution < -0.4 is 0 Å². The second-order valence-corrected chi connectivity index (χ2v) is 7.82. The minimum atomic E-state index is -0.380. The van der Waals surface area contributed by atoms with Crippen molar-refractivity contribution in [3.8, 4) is 0 Å². The molecule has 0 aliphatic rings. The molecule has 0 spiro atoms. The fourth-order valence-electron chi connectivity index (χ4n) is 2.80. The molecule has 0 aliphatic carbocycles. The van der Waals surface area contributed by atoms with Gasteiger partial charge in [-0.05, 0) is 23.8 Å². The topological polar surface area (TPSA) is 47.4 Å². The Kier molecular flexibility index (Phi) is 6.42. The molecule has 1 heterocycles. The number of carbonyl (C=O) groups excluding carboxylic acids is 1. The first-order chi connectivity index (χ1) is 13.0. The lowest BCUT2D eigenvalue weighted by molar-refractivity contribution is -0.128. The highest BCUT2D eigenvalue weighted by Gasteiger charge is 2.26. The number of aromatic nitrogens is 2. The van der Waals surface area contributed by atoms with E-state index in [9.17, 15) is 4.79 Å². The first-order valence-electron chi connectivity index (χ1n) is 8.58. The van der Waals surface area contributed by atoms with Gasteiger partial charge in [0.15, 0.2) is 5.16 Å². The average molecular weight is 404 g/mol. The van der Waals surface area contributed by atoms with E-state index >= 15 is 0 Å². The largest absolute Gasteiger partial charge is 0.383 e. The number of rotatable bonds is 7. The third kappa shape index (κ3) is 4.46. The lowest BCUT2D eigenvalue weighted by atomic mass is 10.1. The van der Waals surface area contributed by atoms with E-state index < -0.39 is 0 Å². The van der Waals surface area contributed by atoms with Crippen molar-refractivity contribution in [3.63, 3.8) is 0 Å². The predicted octanol–water partition coefficient (Wildman–Crippen LogP) is 4.26. The molecule has 1 aromatic heterocycles. The van der Waals surface area contributed by atoms with Crippen LogP contribution in [-0.4, -0.2) is 48.2 Å². The molecule has 0 aliphatic heterocycles. The molecule has 0 saturated carbocycles. The molecule has 2 aromatic carbocycles. The summed E-state index contributed by atoms with van der Waals surface area (Å²) >= 11 is 7.59. The van der Waals surface area contributed by atoms with Gasteiger partial charge in [-0.2, -0.15) is 0 Å². The average Bonchev–Trinajstić information content (AvgIpc) is 3.00. The van der Waals surface area contributed by atoms with Crippen molar-refractivity contribution in [2.45, 2.75) is 17.0 Å². The van der Waals surface area contributed by atoms with Crippen LogP contribution in [0.3, 0.4) is 0 Å². The molecular formula is C20H22ClN3O2S. The van der Waals surface area contributed by atoms with Crippen LogP contribution >= 0.6 is 23.4 Å². The monoisotopic (exact) mass is 403 g/mol. The Bertz CT molecular complexity index is 928. The van der Waals surface area contributed by atoms with E-state index in [1.807, 2.05) is 48.5 Å². The minimum absolute atomic E-state index is 0.0228. The van der Waals surface area contributed by atoms with Gasteiger partial charge >= 0.3 is 0 Å². The molecule has 7 heteroatoms. The summed E-state index contributed by atoms with van der Waals surface area (Å²) in [4.78, 5) is 19.2. The van der Waals surface area contributed by atoms with Crippen LogP contribution in [0, 0.1) is 0 Å². The molecule has 0 radical (unpaired) electrons. The summed E-state index contributed by atoms with van der Waals surface area (Å²) < 4.78 is 7.34. The summed E-state index contributed by atoms with van der Waals surface area (Å²) in [6, 6.07) is 15.4. The maximum atomic E-state index is 12.9. The predicted molar refractivity (Wildman–Crippen MR) is 110 cm³/mol. The van der Waals surface area contributed by atoms with Gasteiger partial charge in [0.25, 0.3) is 0 Å². The zero-order valence-corrected chi connectivity index (χ0v) is 17.1. The van der Waals surface area contributed by atoms with Crippen molar-refractivity contribution in [1.29, 1.82) is 0 Å². The van der Waals surface area contributed by atoms with Crippen molar-refractivity contribution in [3.05, 3.63) is 59.1 Å². The van der Waals surface area contributed by atoms with Gasteiger partial charge in [-0.1, -0.05) is 53.7 Å². The van der Waals surface area contributed by atoms with Gasteiger partial charge in [-0.25, -0.2) is 4.98 Å². The van der Waals surface area contributed by atoms with Crippen molar-refractivity contribution in [2.24, 2.45) is 0 Å². The third-order valence-corrected chi connectivity index (χ3v) is 5.65. The van der Waals surface area contributed by atoms with Crippen molar-refractivity contribution in [1.82, 2.24) is 14.5 Å². The number of imidazole rings is 1. The fourth-order valence-corrected chi connectivity index (χ4v) is 4.25. The maximum Gasteiger partial charge on any atom is 0.240 e. The highest BCUT2D eigenvalue weighted by molar-refractivity contribution is 8.00. The number of ether oxygens (including phenoxy) is 1. The van der Waals surface area contributed by atoms with Crippen LogP contribution in [0.4, 0.5) is 0 Å². The number of benzene rings is 2. The first-order valence-corrected chi connectivity index (χ1v) is 9.84. The highest BCUT2D eigenvalue weighted by atomic mass is 35.5. The van der Waals surface area contributed by atoms with Crippen molar-refractivity contribution in [2.75, 3.05) is 27.8 Å². The molecule has 142 valence electrons. The summed E-state index contributed by atoms with van der Waals surface area (Å²) in [6.45, 7) is 1.20. The van der Waals surface area contributed by atoms with E-state index in [4.69, 9.17) is 21.3 Å². The molecule has 0 saturated heterocycles. The Labute approximate surface area is 168 Å². The molecule has 0 fully saturated rings. The molecule has 27 heavy (non-hydrogen) atoms. The van der Waals surface area contributed by atoms with Gasteiger partial charge in [0.05, 0.1) is 17.6 Å². The molecule has 5 nitrogen and oxygen atoms in total. The minimum Gasteiger partial charge on any atom is -0.383 e. The number of amides is 1. The van der Waals surface area contributed by atoms with Crippen LogP contribution in [0.25, 0.3) is 11.0 Å². The van der Waals surface area contributed by atoms with Gasteiger partial charge in [0.1, 0.15) is 5.25 Å². The molecule has 1 atom stereocenters. The Morgan fingerprint density at radius 2 is 2.00 bits per heavy atom. The van der Waals surface area contributed by atoms with Gasteiger partial charge in [0, 0.05) is 32.8 Å². The maximum absolute atomic E-state index is 12.9. The second kappa shape index (κ2) is 8.78. The summed E-state index contributed by atoms with van der Waals surface area (Å²) in [5.41, 5.74) is 2.73. The molecule has 1 unspecified atom stereocenters. The second-order valence-electron chi connectivity index (χ2n) is 6.31. The smallest absolute Gasteiger partial charge is 0.240 e. The molecule has 1 amide bonds. The Morgan fingerprint density at radius 3 is 2.67 bits per heavy atom. The van der Waals surface area contributed by atoms with Crippen LogP contribution in [-0.2, 0) is 16.1 Å². The number of methoxy groups -OCH3 is 1.